The second-order valence-electron chi connectivity index (χ2n) is 4.49. The first-order valence-electron chi connectivity index (χ1n) is 6.19. The monoisotopic (exact) mass is 267 g/mol. The predicted molar refractivity (Wildman–Crippen MR) is 76.0 cm³/mol. The minimum atomic E-state index is -0.250. The molecule has 5 nitrogen and oxygen atoms in total. The third-order valence-corrected chi connectivity index (χ3v) is 3.22. The number of amides is 1. The molecule has 100 valence electrons. The van der Waals surface area contributed by atoms with Gasteiger partial charge in [-0.3, -0.25) is 4.79 Å². The Morgan fingerprint density at radius 1 is 1.25 bits per heavy atom. The second-order valence-corrected chi connectivity index (χ2v) is 4.49. The third kappa shape index (κ3) is 1.99. The van der Waals surface area contributed by atoms with Gasteiger partial charge < -0.3 is 10.4 Å². The lowest BCUT2D eigenvalue weighted by molar-refractivity contribution is 0.102. The molecule has 1 amide bonds. The number of rotatable bonds is 2. The summed E-state index contributed by atoms with van der Waals surface area (Å²) in [6.45, 7) is 1.75. The number of anilines is 1. The van der Waals surface area contributed by atoms with Gasteiger partial charge >= 0.3 is 0 Å². The number of carbonyl (C=O) groups is 1. The van der Waals surface area contributed by atoms with Crippen molar-refractivity contribution >= 4 is 17.1 Å². The molecule has 0 aliphatic rings. The summed E-state index contributed by atoms with van der Waals surface area (Å²) in [4.78, 5) is 12.3. The van der Waals surface area contributed by atoms with Crippen LogP contribution in [0.4, 0.5) is 5.69 Å². The molecule has 0 saturated heterocycles. The van der Waals surface area contributed by atoms with Crippen LogP contribution < -0.4 is 5.32 Å². The zero-order chi connectivity index (χ0) is 14.1. The normalized spacial score (nSPS) is 10.7. The van der Waals surface area contributed by atoms with E-state index in [-0.39, 0.29) is 11.7 Å². The summed E-state index contributed by atoms with van der Waals surface area (Å²) < 4.78 is 1.64. The molecule has 2 heterocycles. The van der Waals surface area contributed by atoms with E-state index in [0.29, 0.717) is 16.8 Å². The first-order valence-corrected chi connectivity index (χ1v) is 6.19. The van der Waals surface area contributed by atoms with E-state index < -0.39 is 0 Å². The number of benzene rings is 1. The lowest BCUT2D eigenvalue weighted by atomic mass is 10.1. The number of hydrogen-bond acceptors (Lipinski definition) is 3. The summed E-state index contributed by atoms with van der Waals surface area (Å²) in [5.74, 6) is -0.0948. The zero-order valence-electron chi connectivity index (χ0n) is 10.9. The smallest absolute Gasteiger partial charge is 0.259 e. The molecule has 3 rings (SSSR count). The maximum absolute atomic E-state index is 12.3. The van der Waals surface area contributed by atoms with E-state index in [1.807, 2.05) is 18.2 Å². The lowest BCUT2D eigenvalue weighted by Gasteiger charge is -2.08. The maximum Gasteiger partial charge on any atom is 0.259 e. The van der Waals surface area contributed by atoms with Crippen LogP contribution in [-0.4, -0.2) is 20.6 Å². The number of nitrogens with one attached hydrogen (secondary N) is 1. The minimum absolute atomic E-state index is 0.155. The Labute approximate surface area is 115 Å². The first kappa shape index (κ1) is 12.2. The molecule has 2 N–H and O–H groups in total. The van der Waals surface area contributed by atoms with Crippen LogP contribution in [0.25, 0.3) is 5.52 Å². The van der Waals surface area contributed by atoms with Crippen LogP contribution >= 0.6 is 0 Å². The van der Waals surface area contributed by atoms with Crippen molar-refractivity contribution in [1.82, 2.24) is 9.61 Å². The van der Waals surface area contributed by atoms with E-state index in [1.54, 1.807) is 35.8 Å². The highest BCUT2D eigenvalue weighted by Gasteiger charge is 2.14. The van der Waals surface area contributed by atoms with Gasteiger partial charge in [0.1, 0.15) is 5.75 Å². The summed E-state index contributed by atoms with van der Waals surface area (Å²) in [5.41, 5.74) is 2.46. The Hall–Kier alpha value is -2.82. The summed E-state index contributed by atoms with van der Waals surface area (Å²) in [6.07, 6.45) is 3.31. The average molecular weight is 267 g/mol. The topological polar surface area (TPSA) is 66.6 Å². The van der Waals surface area contributed by atoms with Crippen molar-refractivity contribution in [3.05, 3.63) is 59.9 Å². The zero-order valence-corrected chi connectivity index (χ0v) is 10.9. The second kappa shape index (κ2) is 4.70. The van der Waals surface area contributed by atoms with Crippen molar-refractivity contribution in [3.8, 4) is 5.75 Å². The molecule has 1 aromatic carbocycles. The molecular weight excluding hydrogens is 254 g/mol. The standard InChI is InChI=1S/C15H13N3O2/c1-10-12(5-4-7-14(10)19)17-15(20)11-9-16-18-8-3-2-6-13(11)18/h2-9,19H,1H3,(H,17,20). The number of aromatic nitrogens is 2. The number of carbonyl (C=O) groups excluding carboxylic acids is 1. The van der Waals surface area contributed by atoms with Crippen LogP contribution in [0.1, 0.15) is 15.9 Å². The fraction of sp³-hybridized carbons (Fsp3) is 0.0667. The molecule has 0 saturated carbocycles. The number of phenols is 1. The lowest BCUT2D eigenvalue weighted by Crippen LogP contribution is -2.12. The Morgan fingerprint density at radius 3 is 2.95 bits per heavy atom. The molecule has 0 spiro atoms. The van der Waals surface area contributed by atoms with E-state index >= 15 is 0 Å². The minimum Gasteiger partial charge on any atom is -0.508 e. The summed E-state index contributed by atoms with van der Waals surface area (Å²) >= 11 is 0. The van der Waals surface area contributed by atoms with Gasteiger partial charge in [0.05, 0.1) is 17.3 Å². The molecule has 3 aromatic rings. The third-order valence-electron chi connectivity index (χ3n) is 3.22. The van der Waals surface area contributed by atoms with Crippen LogP contribution in [0, 0.1) is 6.92 Å². The van der Waals surface area contributed by atoms with Crippen molar-refractivity contribution in [3.63, 3.8) is 0 Å². The number of nitrogens with zero attached hydrogens (tertiary/aromatic N) is 2. The first-order chi connectivity index (χ1) is 9.66. The van der Waals surface area contributed by atoms with Gasteiger partial charge in [0.2, 0.25) is 0 Å². The molecule has 0 aliphatic carbocycles. The number of hydrogen-bond donors (Lipinski definition) is 2. The Balaban J connectivity index is 1.95. The van der Waals surface area contributed by atoms with Crippen LogP contribution in [0.2, 0.25) is 0 Å². The van der Waals surface area contributed by atoms with Gasteiger partial charge in [-0.1, -0.05) is 12.1 Å². The SMILES string of the molecule is Cc1c(O)cccc1NC(=O)c1cnn2ccccc12. The highest BCUT2D eigenvalue weighted by molar-refractivity contribution is 6.09. The summed E-state index contributed by atoms with van der Waals surface area (Å²) in [7, 11) is 0. The average Bonchev–Trinajstić information content (AvgIpc) is 2.88. The Kier molecular flexibility index (Phi) is 2.87. The fourth-order valence-electron chi connectivity index (χ4n) is 2.06. The molecule has 0 atom stereocenters. The number of fused-ring (bicyclic) bond motifs is 1. The van der Waals surface area contributed by atoms with Gasteiger partial charge in [0, 0.05) is 17.4 Å². The number of phenolic OH excluding ortho intramolecular Hbond substituents is 1. The molecule has 5 heteroatoms. The van der Waals surface area contributed by atoms with Gasteiger partial charge in [-0.05, 0) is 31.2 Å². The molecular formula is C15H13N3O2. The van der Waals surface area contributed by atoms with E-state index in [9.17, 15) is 9.90 Å². The predicted octanol–water partition coefficient (Wildman–Crippen LogP) is 2.60. The van der Waals surface area contributed by atoms with Gasteiger partial charge in [-0.25, -0.2) is 4.52 Å². The summed E-state index contributed by atoms with van der Waals surface area (Å²) in [5, 5.41) is 16.6. The van der Waals surface area contributed by atoms with E-state index in [2.05, 4.69) is 10.4 Å². The van der Waals surface area contributed by atoms with Crippen molar-refractivity contribution in [2.75, 3.05) is 5.32 Å². The number of pyridine rings is 1. The molecule has 0 aliphatic heterocycles. The van der Waals surface area contributed by atoms with Gasteiger partial charge in [0.15, 0.2) is 0 Å². The maximum atomic E-state index is 12.3. The molecule has 0 radical (unpaired) electrons. The Morgan fingerprint density at radius 2 is 2.10 bits per heavy atom. The van der Waals surface area contributed by atoms with Crippen molar-refractivity contribution in [2.45, 2.75) is 6.92 Å². The molecule has 0 fully saturated rings. The fourth-order valence-corrected chi connectivity index (χ4v) is 2.06. The van der Waals surface area contributed by atoms with Crippen LogP contribution in [0.15, 0.2) is 48.8 Å². The summed E-state index contributed by atoms with van der Waals surface area (Å²) in [6, 6.07) is 10.6. The van der Waals surface area contributed by atoms with Gasteiger partial charge in [0.25, 0.3) is 5.91 Å². The quantitative estimate of drug-likeness (QED) is 0.750. The van der Waals surface area contributed by atoms with E-state index in [0.717, 1.165) is 5.52 Å². The Bertz CT molecular complexity index is 793. The molecule has 20 heavy (non-hydrogen) atoms. The largest absolute Gasteiger partial charge is 0.508 e. The van der Waals surface area contributed by atoms with Crippen LogP contribution in [0.5, 0.6) is 5.75 Å². The van der Waals surface area contributed by atoms with E-state index in [1.165, 1.54) is 6.20 Å². The van der Waals surface area contributed by atoms with E-state index in [4.69, 9.17) is 0 Å². The van der Waals surface area contributed by atoms with Crippen molar-refractivity contribution in [2.24, 2.45) is 0 Å². The molecule has 0 unspecified atom stereocenters. The van der Waals surface area contributed by atoms with Gasteiger partial charge in [-0.15, -0.1) is 0 Å². The highest BCUT2D eigenvalue weighted by atomic mass is 16.3. The molecule has 0 bridgehead atoms. The van der Waals surface area contributed by atoms with Crippen LogP contribution in [-0.2, 0) is 0 Å². The van der Waals surface area contributed by atoms with Crippen molar-refractivity contribution < 1.29 is 9.90 Å². The van der Waals surface area contributed by atoms with Gasteiger partial charge in [-0.2, -0.15) is 5.10 Å². The highest BCUT2D eigenvalue weighted by Crippen LogP contribution is 2.24. The molecule has 2 aromatic heterocycles. The van der Waals surface area contributed by atoms with Crippen LogP contribution in [0.3, 0.4) is 0 Å². The number of aromatic hydroxyl groups is 1. The van der Waals surface area contributed by atoms with Crippen molar-refractivity contribution in [1.29, 1.82) is 0 Å².